The summed E-state index contributed by atoms with van der Waals surface area (Å²) in [6, 6.07) is 6.64. The van der Waals surface area contributed by atoms with Gasteiger partial charge in [0.2, 0.25) is 0 Å². The number of carbonyl (C=O) groups is 2. The molecule has 0 unspecified atom stereocenters. The summed E-state index contributed by atoms with van der Waals surface area (Å²) in [5.74, 6) is 0.441. The van der Waals surface area contributed by atoms with Gasteiger partial charge < -0.3 is 10.1 Å². The SMILES string of the molecule is O=Cc1ccc(NC(=O)COC2=C[CH]CC=C2)cc1. The quantitative estimate of drug-likeness (QED) is 0.823. The molecule has 2 rings (SSSR count). The van der Waals surface area contributed by atoms with Crippen LogP contribution in [0.25, 0.3) is 0 Å². The number of rotatable bonds is 5. The molecule has 1 aromatic carbocycles. The van der Waals surface area contributed by atoms with Crippen molar-refractivity contribution >= 4 is 17.9 Å². The second-order valence-electron chi connectivity index (χ2n) is 4.02. The highest BCUT2D eigenvalue weighted by Crippen LogP contribution is 2.11. The van der Waals surface area contributed by atoms with Crippen LogP contribution in [0.4, 0.5) is 5.69 Å². The molecule has 1 N–H and O–H groups in total. The maximum absolute atomic E-state index is 11.6. The number of amides is 1. The molecule has 4 heteroatoms. The summed E-state index contributed by atoms with van der Waals surface area (Å²) in [5.41, 5.74) is 1.21. The lowest BCUT2D eigenvalue weighted by atomic mass is 10.2. The molecule has 1 aliphatic rings. The van der Waals surface area contributed by atoms with Crippen LogP contribution in [0.1, 0.15) is 16.8 Å². The number of hydrogen-bond acceptors (Lipinski definition) is 3. The monoisotopic (exact) mass is 256 g/mol. The number of allylic oxidation sites excluding steroid dienone is 3. The van der Waals surface area contributed by atoms with E-state index < -0.39 is 0 Å². The van der Waals surface area contributed by atoms with E-state index in [-0.39, 0.29) is 12.5 Å². The average molecular weight is 256 g/mol. The van der Waals surface area contributed by atoms with Crippen molar-refractivity contribution in [3.8, 4) is 0 Å². The van der Waals surface area contributed by atoms with Crippen LogP contribution in [0.15, 0.2) is 48.3 Å². The maximum atomic E-state index is 11.6. The number of ether oxygens (including phenoxy) is 1. The van der Waals surface area contributed by atoms with Gasteiger partial charge >= 0.3 is 0 Å². The predicted molar refractivity (Wildman–Crippen MR) is 72.6 cm³/mol. The van der Waals surface area contributed by atoms with E-state index in [1.165, 1.54) is 0 Å². The first kappa shape index (κ1) is 13.1. The van der Waals surface area contributed by atoms with E-state index in [0.717, 1.165) is 12.7 Å². The summed E-state index contributed by atoms with van der Waals surface area (Å²) in [7, 11) is 0. The van der Waals surface area contributed by atoms with E-state index in [0.29, 0.717) is 17.0 Å². The van der Waals surface area contributed by atoms with Gasteiger partial charge in [-0.25, -0.2) is 0 Å². The van der Waals surface area contributed by atoms with Crippen molar-refractivity contribution < 1.29 is 14.3 Å². The minimum atomic E-state index is -0.237. The molecule has 97 valence electrons. The van der Waals surface area contributed by atoms with Crippen molar-refractivity contribution in [2.24, 2.45) is 0 Å². The molecule has 4 nitrogen and oxygen atoms in total. The fraction of sp³-hybridized carbons (Fsp3) is 0.133. The topological polar surface area (TPSA) is 55.4 Å². The Balaban J connectivity index is 1.81. The van der Waals surface area contributed by atoms with Crippen LogP contribution < -0.4 is 5.32 Å². The Morgan fingerprint density at radius 3 is 2.74 bits per heavy atom. The Morgan fingerprint density at radius 2 is 2.11 bits per heavy atom. The summed E-state index contributed by atoms with van der Waals surface area (Å²) < 4.78 is 5.34. The second-order valence-corrected chi connectivity index (χ2v) is 4.02. The first-order valence-corrected chi connectivity index (χ1v) is 5.96. The highest BCUT2D eigenvalue weighted by molar-refractivity contribution is 5.92. The van der Waals surface area contributed by atoms with Gasteiger partial charge in [-0.05, 0) is 49.3 Å². The van der Waals surface area contributed by atoms with E-state index in [4.69, 9.17) is 4.74 Å². The van der Waals surface area contributed by atoms with Crippen LogP contribution in [0.2, 0.25) is 0 Å². The van der Waals surface area contributed by atoms with Crippen molar-refractivity contribution in [2.75, 3.05) is 11.9 Å². The molecular weight excluding hydrogens is 242 g/mol. The second kappa shape index (κ2) is 6.54. The minimum absolute atomic E-state index is 0.0422. The van der Waals surface area contributed by atoms with Crippen LogP contribution in [-0.4, -0.2) is 18.8 Å². The van der Waals surface area contributed by atoms with Crippen molar-refractivity contribution in [3.05, 3.63) is 60.2 Å². The van der Waals surface area contributed by atoms with Crippen LogP contribution in [0.3, 0.4) is 0 Å². The van der Waals surface area contributed by atoms with Gasteiger partial charge in [-0.1, -0.05) is 6.08 Å². The lowest BCUT2D eigenvalue weighted by molar-refractivity contribution is -0.119. The zero-order valence-corrected chi connectivity index (χ0v) is 10.3. The Hall–Kier alpha value is -2.36. The Kier molecular flexibility index (Phi) is 4.50. The number of carbonyl (C=O) groups excluding carboxylic acids is 2. The fourth-order valence-electron chi connectivity index (χ4n) is 1.59. The van der Waals surface area contributed by atoms with Crippen LogP contribution in [0.5, 0.6) is 0 Å². The number of anilines is 1. The molecule has 0 fully saturated rings. The third-order valence-electron chi connectivity index (χ3n) is 2.54. The molecule has 0 aliphatic heterocycles. The maximum Gasteiger partial charge on any atom is 0.262 e. The highest BCUT2D eigenvalue weighted by atomic mass is 16.5. The summed E-state index contributed by atoms with van der Waals surface area (Å²) in [6.07, 6.45) is 9.25. The Labute approximate surface area is 111 Å². The summed E-state index contributed by atoms with van der Waals surface area (Å²) in [5, 5.41) is 2.69. The van der Waals surface area contributed by atoms with Crippen molar-refractivity contribution in [3.63, 3.8) is 0 Å². The zero-order valence-electron chi connectivity index (χ0n) is 10.3. The van der Waals surface area contributed by atoms with Gasteiger partial charge in [0.25, 0.3) is 5.91 Å². The van der Waals surface area contributed by atoms with E-state index in [9.17, 15) is 9.59 Å². The molecule has 0 saturated heterocycles. The molecule has 0 bridgehead atoms. The molecule has 0 aromatic heterocycles. The standard InChI is InChI=1S/C15H14NO3/c17-10-12-6-8-13(9-7-12)16-15(18)11-19-14-4-2-1-3-5-14/h2-10H,1,11H2,(H,16,18). The summed E-state index contributed by atoms with van der Waals surface area (Å²) in [6.45, 7) is -0.0422. The largest absolute Gasteiger partial charge is 0.484 e. The van der Waals surface area contributed by atoms with Gasteiger partial charge in [0, 0.05) is 11.3 Å². The van der Waals surface area contributed by atoms with E-state index in [1.807, 2.05) is 24.6 Å². The number of hydrogen-bond donors (Lipinski definition) is 1. The van der Waals surface area contributed by atoms with Gasteiger partial charge in [0.1, 0.15) is 12.0 Å². The molecule has 1 radical (unpaired) electrons. The van der Waals surface area contributed by atoms with Gasteiger partial charge in [-0.2, -0.15) is 0 Å². The van der Waals surface area contributed by atoms with Crippen LogP contribution >= 0.6 is 0 Å². The molecule has 0 spiro atoms. The van der Waals surface area contributed by atoms with Crippen molar-refractivity contribution in [1.82, 2.24) is 0 Å². The Morgan fingerprint density at radius 1 is 1.32 bits per heavy atom. The molecule has 0 atom stereocenters. The molecule has 0 saturated carbocycles. The molecule has 1 aliphatic carbocycles. The van der Waals surface area contributed by atoms with Gasteiger partial charge in [0.05, 0.1) is 0 Å². The predicted octanol–water partition coefficient (Wildman–Crippen LogP) is 2.50. The summed E-state index contributed by atoms with van der Waals surface area (Å²) >= 11 is 0. The summed E-state index contributed by atoms with van der Waals surface area (Å²) in [4.78, 5) is 22.1. The highest BCUT2D eigenvalue weighted by Gasteiger charge is 2.05. The van der Waals surface area contributed by atoms with Crippen LogP contribution in [-0.2, 0) is 9.53 Å². The van der Waals surface area contributed by atoms with Gasteiger partial charge in [0.15, 0.2) is 6.61 Å². The zero-order chi connectivity index (χ0) is 13.5. The first-order valence-electron chi connectivity index (χ1n) is 5.96. The number of aldehydes is 1. The number of nitrogens with one attached hydrogen (secondary N) is 1. The minimum Gasteiger partial charge on any atom is -0.484 e. The lowest BCUT2D eigenvalue weighted by Crippen LogP contribution is -2.18. The van der Waals surface area contributed by atoms with Gasteiger partial charge in [-0.15, -0.1) is 0 Å². The van der Waals surface area contributed by atoms with E-state index in [1.54, 1.807) is 24.3 Å². The smallest absolute Gasteiger partial charge is 0.262 e. The molecule has 19 heavy (non-hydrogen) atoms. The lowest BCUT2D eigenvalue weighted by Gasteiger charge is -2.10. The third-order valence-corrected chi connectivity index (χ3v) is 2.54. The molecule has 0 heterocycles. The number of benzene rings is 1. The Bertz CT molecular complexity index is 515. The fourth-order valence-corrected chi connectivity index (χ4v) is 1.59. The van der Waals surface area contributed by atoms with Crippen molar-refractivity contribution in [2.45, 2.75) is 6.42 Å². The van der Waals surface area contributed by atoms with E-state index >= 15 is 0 Å². The average Bonchev–Trinajstić information content (AvgIpc) is 2.47. The first-order chi connectivity index (χ1) is 9.28. The van der Waals surface area contributed by atoms with Crippen LogP contribution in [0, 0.1) is 6.42 Å². The van der Waals surface area contributed by atoms with Crippen molar-refractivity contribution in [1.29, 1.82) is 0 Å². The molecular formula is C15H14NO3. The molecule has 1 amide bonds. The van der Waals surface area contributed by atoms with Gasteiger partial charge in [-0.3, -0.25) is 9.59 Å². The van der Waals surface area contributed by atoms with E-state index in [2.05, 4.69) is 5.32 Å². The normalized spacial score (nSPS) is 13.6. The third kappa shape index (κ3) is 4.10. The molecule has 1 aromatic rings.